The number of halogens is 3. The number of nitrogens with two attached hydrogens (primary N) is 1. The van der Waals surface area contributed by atoms with Gasteiger partial charge in [-0.25, -0.2) is 4.98 Å². The third-order valence-electron chi connectivity index (χ3n) is 3.98. The number of pyridine rings is 1. The summed E-state index contributed by atoms with van der Waals surface area (Å²) in [6.07, 6.45) is -3.82. The molecule has 3 rings (SSSR count). The number of alkyl halides is 3. The predicted molar refractivity (Wildman–Crippen MR) is 77.1 cm³/mol. The van der Waals surface area contributed by atoms with Crippen LogP contribution in [0.4, 0.5) is 24.7 Å². The number of fused-ring (bicyclic) bond motifs is 1. The minimum Gasteiger partial charge on any atom is -0.399 e. The maximum absolute atomic E-state index is 12.7. The highest BCUT2D eigenvalue weighted by molar-refractivity contribution is 5.83. The minimum absolute atomic E-state index is 0.130. The zero-order valence-electron chi connectivity index (χ0n) is 11.4. The van der Waals surface area contributed by atoms with Crippen molar-refractivity contribution in [3.05, 3.63) is 30.3 Å². The molecule has 2 N–H and O–H groups in total. The zero-order chi connectivity index (χ0) is 15.0. The molecule has 2 aromatic rings. The van der Waals surface area contributed by atoms with E-state index in [1.54, 1.807) is 6.07 Å². The summed E-state index contributed by atoms with van der Waals surface area (Å²) in [6.45, 7) is 0.773. The van der Waals surface area contributed by atoms with Crippen LogP contribution in [0.15, 0.2) is 30.3 Å². The molecule has 1 aliphatic heterocycles. The highest BCUT2D eigenvalue weighted by Gasteiger charge is 2.41. The third-order valence-corrected chi connectivity index (χ3v) is 3.98. The lowest BCUT2D eigenvalue weighted by Crippen LogP contribution is -2.39. The van der Waals surface area contributed by atoms with Gasteiger partial charge in [0.15, 0.2) is 0 Å². The van der Waals surface area contributed by atoms with Gasteiger partial charge in [0.1, 0.15) is 5.82 Å². The molecule has 1 fully saturated rings. The minimum atomic E-state index is -4.08. The Morgan fingerprint density at radius 3 is 2.48 bits per heavy atom. The van der Waals surface area contributed by atoms with Gasteiger partial charge >= 0.3 is 6.18 Å². The normalized spacial score (nSPS) is 17.4. The lowest BCUT2D eigenvalue weighted by molar-refractivity contribution is -0.179. The van der Waals surface area contributed by atoms with E-state index in [2.05, 4.69) is 4.98 Å². The summed E-state index contributed by atoms with van der Waals surface area (Å²) < 4.78 is 38.0. The maximum Gasteiger partial charge on any atom is 0.391 e. The first-order chi connectivity index (χ1) is 9.93. The van der Waals surface area contributed by atoms with Gasteiger partial charge in [-0.2, -0.15) is 13.2 Å². The van der Waals surface area contributed by atoms with E-state index in [0.717, 1.165) is 16.7 Å². The SMILES string of the molecule is Nc1ccc2nc(N3CCC(C(F)(F)F)CC3)ccc2c1. The summed E-state index contributed by atoms with van der Waals surface area (Å²) in [5.74, 6) is -0.457. The largest absolute Gasteiger partial charge is 0.399 e. The molecule has 1 aromatic carbocycles. The van der Waals surface area contributed by atoms with Gasteiger partial charge in [0, 0.05) is 24.2 Å². The molecule has 21 heavy (non-hydrogen) atoms. The quantitative estimate of drug-likeness (QED) is 0.817. The highest BCUT2D eigenvalue weighted by atomic mass is 19.4. The molecule has 1 aromatic heterocycles. The Kier molecular flexibility index (Phi) is 3.39. The number of hydrogen-bond acceptors (Lipinski definition) is 3. The van der Waals surface area contributed by atoms with E-state index in [4.69, 9.17) is 5.73 Å². The van der Waals surface area contributed by atoms with E-state index in [9.17, 15) is 13.2 Å². The van der Waals surface area contributed by atoms with Crippen molar-refractivity contribution in [3.8, 4) is 0 Å². The molecule has 3 nitrogen and oxygen atoms in total. The average Bonchev–Trinajstić information content (AvgIpc) is 2.46. The monoisotopic (exact) mass is 295 g/mol. The summed E-state index contributed by atoms with van der Waals surface area (Å²) in [5.41, 5.74) is 7.19. The van der Waals surface area contributed by atoms with Gasteiger partial charge in [-0.15, -0.1) is 0 Å². The number of benzene rings is 1. The third kappa shape index (κ3) is 2.89. The Labute approximate surface area is 120 Å². The molecule has 0 atom stereocenters. The van der Waals surface area contributed by atoms with Crippen molar-refractivity contribution in [2.75, 3.05) is 23.7 Å². The van der Waals surface area contributed by atoms with Gasteiger partial charge in [0.05, 0.1) is 11.4 Å². The summed E-state index contributed by atoms with van der Waals surface area (Å²) in [4.78, 5) is 6.43. The first-order valence-electron chi connectivity index (χ1n) is 6.91. The van der Waals surface area contributed by atoms with Crippen LogP contribution in [-0.2, 0) is 0 Å². The Balaban J connectivity index is 1.78. The molecule has 2 heterocycles. The Morgan fingerprint density at radius 2 is 1.81 bits per heavy atom. The topological polar surface area (TPSA) is 42.1 Å². The van der Waals surface area contributed by atoms with Crippen LogP contribution in [0.1, 0.15) is 12.8 Å². The molecule has 1 saturated heterocycles. The average molecular weight is 295 g/mol. The molecule has 0 aliphatic carbocycles. The van der Waals surface area contributed by atoms with E-state index in [1.165, 1.54) is 0 Å². The Morgan fingerprint density at radius 1 is 1.10 bits per heavy atom. The van der Waals surface area contributed by atoms with Gasteiger partial charge < -0.3 is 10.6 Å². The number of nitrogens with zero attached hydrogens (tertiary/aromatic N) is 2. The fourth-order valence-corrected chi connectivity index (χ4v) is 2.75. The van der Waals surface area contributed by atoms with Crippen LogP contribution in [-0.4, -0.2) is 24.2 Å². The second-order valence-electron chi connectivity index (χ2n) is 5.42. The van der Waals surface area contributed by atoms with Crippen molar-refractivity contribution in [3.63, 3.8) is 0 Å². The smallest absolute Gasteiger partial charge is 0.391 e. The summed E-state index contributed by atoms with van der Waals surface area (Å²) in [7, 11) is 0. The van der Waals surface area contributed by atoms with Crippen molar-refractivity contribution in [2.45, 2.75) is 19.0 Å². The van der Waals surface area contributed by atoms with Crippen LogP contribution in [0, 0.1) is 5.92 Å². The molecule has 0 spiro atoms. The lowest BCUT2D eigenvalue weighted by Gasteiger charge is -2.33. The molecule has 0 saturated carbocycles. The van der Waals surface area contributed by atoms with Crippen molar-refractivity contribution < 1.29 is 13.2 Å². The van der Waals surface area contributed by atoms with Crippen molar-refractivity contribution >= 4 is 22.4 Å². The Hall–Kier alpha value is -1.98. The summed E-state index contributed by atoms with van der Waals surface area (Å²) in [6, 6.07) is 9.19. The Bertz CT molecular complexity index is 646. The highest BCUT2D eigenvalue weighted by Crippen LogP contribution is 2.35. The second-order valence-corrected chi connectivity index (χ2v) is 5.42. The maximum atomic E-state index is 12.7. The number of anilines is 2. The van der Waals surface area contributed by atoms with Gasteiger partial charge in [-0.3, -0.25) is 0 Å². The van der Waals surface area contributed by atoms with Crippen LogP contribution in [0.25, 0.3) is 10.9 Å². The predicted octanol–water partition coefficient (Wildman–Crippen LogP) is 3.60. The first kappa shape index (κ1) is 14.0. The molecule has 0 unspecified atom stereocenters. The molecule has 112 valence electrons. The molecule has 1 aliphatic rings. The first-order valence-corrected chi connectivity index (χ1v) is 6.91. The number of rotatable bonds is 1. The van der Waals surface area contributed by atoms with Crippen LogP contribution in [0.3, 0.4) is 0 Å². The zero-order valence-corrected chi connectivity index (χ0v) is 11.4. The number of nitrogen functional groups attached to an aromatic ring is 1. The standard InChI is InChI=1S/C15H16F3N3/c16-15(17,18)11-5-7-21(8-6-11)14-4-1-10-9-12(19)2-3-13(10)20-14/h1-4,9,11H,5-8,19H2. The molecule has 0 amide bonds. The van der Waals surface area contributed by atoms with Crippen molar-refractivity contribution in [2.24, 2.45) is 5.92 Å². The van der Waals surface area contributed by atoms with E-state index in [-0.39, 0.29) is 12.8 Å². The number of piperidine rings is 1. The van der Waals surface area contributed by atoms with Gasteiger partial charge in [-0.05, 0) is 43.2 Å². The van der Waals surface area contributed by atoms with E-state index >= 15 is 0 Å². The molecular weight excluding hydrogens is 279 g/mol. The fraction of sp³-hybridized carbons (Fsp3) is 0.400. The molecular formula is C15H16F3N3. The van der Waals surface area contributed by atoms with E-state index < -0.39 is 12.1 Å². The molecule has 6 heteroatoms. The number of aromatic nitrogens is 1. The molecule has 0 bridgehead atoms. The van der Waals surface area contributed by atoms with Crippen LogP contribution < -0.4 is 10.6 Å². The molecule has 0 radical (unpaired) electrons. The van der Waals surface area contributed by atoms with Crippen LogP contribution in [0.5, 0.6) is 0 Å². The summed E-state index contributed by atoms with van der Waals surface area (Å²) in [5, 5.41) is 0.934. The second kappa shape index (κ2) is 5.09. The van der Waals surface area contributed by atoms with Crippen LogP contribution >= 0.6 is 0 Å². The van der Waals surface area contributed by atoms with Gasteiger partial charge in [0.25, 0.3) is 0 Å². The number of hydrogen-bond donors (Lipinski definition) is 1. The van der Waals surface area contributed by atoms with E-state index in [1.807, 2.05) is 29.2 Å². The summed E-state index contributed by atoms with van der Waals surface area (Å²) >= 11 is 0. The van der Waals surface area contributed by atoms with Crippen molar-refractivity contribution in [1.29, 1.82) is 0 Å². The van der Waals surface area contributed by atoms with Crippen molar-refractivity contribution in [1.82, 2.24) is 4.98 Å². The van der Waals surface area contributed by atoms with E-state index in [0.29, 0.717) is 18.8 Å². The van der Waals surface area contributed by atoms with Gasteiger partial charge in [0.2, 0.25) is 0 Å². The fourth-order valence-electron chi connectivity index (χ4n) is 2.75. The lowest BCUT2D eigenvalue weighted by atomic mass is 9.96. The van der Waals surface area contributed by atoms with Gasteiger partial charge in [-0.1, -0.05) is 0 Å². The van der Waals surface area contributed by atoms with Crippen LogP contribution in [0.2, 0.25) is 0 Å².